The maximum atomic E-state index is 4.84. The SMILES string of the molecule is CNc1nc2c(ccc3ccncc32)cc1C(C)(C)C. The molecular formula is C17H19N3. The van der Waals surface area contributed by atoms with Crippen LogP contribution < -0.4 is 5.32 Å². The summed E-state index contributed by atoms with van der Waals surface area (Å²) in [5.74, 6) is 0.946. The van der Waals surface area contributed by atoms with E-state index in [9.17, 15) is 0 Å². The molecule has 0 aliphatic rings. The van der Waals surface area contributed by atoms with Gasteiger partial charge in [0.25, 0.3) is 0 Å². The molecule has 1 N–H and O–H groups in total. The molecule has 0 saturated heterocycles. The van der Waals surface area contributed by atoms with E-state index in [2.05, 4.69) is 49.3 Å². The van der Waals surface area contributed by atoms with E-state index < -0.39 is 0 Å². The average Bonchev–Trinajstić information content (AvgIpc) is 2.44. The first-order chi connectivity index (χ1) is 9.50. The summed E-state index contributed by atoms with van der Waals surface area (Å²) < 4.78 is 0. The molecule has 1 aromatic carbocycles. The van der Waals surface area contributed by atoms with E-state index in [0.29, 0.717) is 0 Å². The second kappa shape index (κ2) is 4.44. The van der Waals surface area contributed by atoms with E-state index >= 15 is 0 Å². The molecule has 0 aliphatic heterocycles. The highest BCUT2D eigenvalue weighted by atomic mass is 15.0. The van der Waals surface area contributed by atoms with Gasteiger partial charge in [-0.25, -0.2) is 4.98 Å². The fourth-order valence-electron chi connectivity index (χ4n) is 2.56. The van der Waals surface area contributed by atoms with Crippen LogP contribution in [0.15, 0.2) is 36.7 Å². The number of anilines is 1. The number of hydrogen-bond acceptors (Lipinski definition) is 3. The predicted octanol–water partition coefficient (Wildman–Crippen LogP) is 4.12. The van der Waals surface area contributed by atoms with Crippen molar-refractivity contribution in [3.63, 3.8) is 0 Å². The van der Waals surface area contributed by atoms with Crippen LogP contribution in [0.25, 0.3) is 21.7 Å². The van der Waals surface area contributed by atoms with Crippen molar-refractivity contribution in [1.82, 2.24) is 9.97 Å². The van der Waals surface area contributed by atoms with Gasteiger partial charge in [0.2, 0.25) is 0 Å². The van der Waals surface area contributed by atoms with Gasteiger partial charge in [-0.15, -0.1) is 0 Å². The zero-order valence-electron chi connectivity index (χ0n) is 12.4. The van der Waals surface area contributed by atoms with E-state index in [4.69, 9.17) is 4.98 Å². The van der Waals surface area contributed by atoms with Crippen LogP contribution in [0.4, 0.5) is 5.82 Å². The molecule has 20 heavy (non-hydrogen) atoms. The van der Waals surface area contributed by atoms with Gasteiger partial charge in [-0.1, -0.05) is 32.9 Å². The Bertz CT molecular complexity index is 785. The van der Waals surface area contributed by atoms with E-state index in [-0.39, 0.29) is 5.41 Å². The van der Waals surface area contributed by atoms with Crippen LogP contribution in [0.3, 0.4) is 0 Å². The molecule has 3 heteroatoms. The van der Waals surface area contributed by atoms with Crippen molar-refractivity contribution < 1.29 is 0 Å². The molecule has 3 aromatic rings. The molecule has 3 rings (SSSR count). The number of nitrogens with one attached hydrogen (secondary N) is 1. The summed E-state index contributed by atoms with van der Waals surface area (Å²) in [7, 11) is 1.92. The molecule has 0 fully saturated rings. The summed E-state index contributed by atoms with van der Waals surface area (Å²) in [6.45, 7) is 6.62. The Labute approximate surface area is 119 Å². The molecule has 0 radical (unpaired) electrons. The second-order valence-electron chi connectivity index (χ2n) is 6.12. The lowest BCUT2D eigenvalue weighted by Crippen LogP contribution is -2.15. The average molecular weight is 265 g/mol. The van der Waals surface area contributed by atoms with Crippen molar-refractivity contribution in [2.45, 2.75) is 26.2 Å². The Hall–Kier alpha value is -2.16. The molecule has 2 aromatic heterocycles. The van der Waals surface area contributed by atoms with Gasteiger partial charge in [0.05, 0.1) is 5.52 Å². The van der Waals surface area contributed by atoms with Crippen molar-refractivity contribution >= 4 is 27.5 Å². The van der Waals surface area contributed by atoms with Gasteiger partial charge in [-0.2, -0.15) is 0 Å². The summed E-state index contributed by atoms with van der Waals surface area (Å²) in [5.41, 5.74) is 2.30. The third-order valence-corrected chi connectivity index (χ3v) is 3.65. The predicted molar refractivity (Wildman–Crippen MR) is 85.3 cm³/mol. The first kappa shape index (κ1) is 12.9. The van der Waals surface area contributed by atoms with E-state index in [1.807, 2.05) is 25.5 Å². The van der Waals surface area contributed by atoms with Crippen LogP contribution >= 0.6 is 0 Å². The number of pyridine rings is 2. The van der Waals surface area contributed by atoms with E-state index in [1.165, 1.54) is 10.9 Å². The van der Waals surface area contributed by atoms with Gasteiger partial charge < -0.3 is 5.32 Å². The molecular weight excluding hydrogens is 246 g/mol. The number of hydrogen-bond donors (Lipinski definition) is 1. The zero-order chi connectivity index (χ0) is 14.3. The van der Waals surface area contributed by atoms with Crippen molar-refractivity contribution in [3.8, 4) is 0 Å². The minimum absolute atomic E-state index is 0.0590. The number of benzene rings is 1. The molecule has 0 atom stereocenters. The van der Waals surface area contributed by atoms with Crippen molar-refractivity contribution in [2.24, 2.45) is 0 Å². The third kappa shape index (κ3) is 1.99. The van der Waals surface area contributed by atoms with Gasteiger partial charge >= 0.3 is 0 Å². The van der Waals surface area contributed by atoms with Crippen molar-refractivity contribution in [2.75, 3.05) is 12.4 Å². The summed E-state index contributed by atoms with van der Waals surface area (Å²) in [4.78, 5) is 9.07. The van der Waals surface area contributed by atoms with Gasteiger partial charge in [-0.05, 0) is 22.9 Å². The Balaban J connectivity index is 2.41. The smallest absolute Gasteiger partial charge is 0.130 e. The fraction of sp³-hybridized carbons (Fsp3) is 0.294. The molecule has 0 unspecified atom stereocenters. The van der Waals surface area contributed by atoms with Gasteiger partial charge in [0.1, 0.15) is 5.82 Å². The van der Waals surface area contributed by atoms with Crippen LogP contribution in [-0.4, -0.2) is 17.0 Å². The number of nitrogens with zero attached hydrogens (tertiary/aromatic N) is 2. The highest BCUT2D eigenvalue weighted by Crippen LogP contribution is 2.33. The first-order valence-electron chi connectivity index (χ1n) is 6.86. The van der Waals surface area contributed by atoms with Crippen LogP contribution in [0.5, 0.6) is 0 Å². The molecule has 2 heterocycles. The fourth-order valence-corrected chi connectivity index (χ4v) is 2.56. The molecule has 3 nitrogen and oxygen atoms in total. The molecule has 102 valence electrons. The first-order valence-corrected chi connectivity index (χ1v) is 6.86. The Morgan fingerprint density at radius 2 is 1.80 bits per heavy atom. The lowest BCUT2D eigenvalue weighted by Gasteiger charge is -2.22. The van der Waals surface area contributed by atoms with Crippen LogP contribution in [0, 0.1) is 0 Å². The van der Waals surface area contributed by atoms with Crippen LogP contribution in [0.1, 0.15) is 26.3 Å². The normalized spacial score (nSPS) is 12.0. The lowest BCUT2D eigenvalue weighted by atomic mass is 9.86. The zero-order valence-corrected chi connectivity index (χ0v) is 12.4. The molecule has 0 bridgehead atoms. The van der Waals surface area contributed by atoms with Gasteiger partial charge in [0, 0.05) is 35.8 Å². The highest BCUT2D eigenvalue weighted by molar-refractivity contribution is 6.05. The number of fused-ring (bicyclic) bond motifs is 3. The van der Waals surface area contributed by atoms with E-state index in [0.717, 1.165) is 22.1 Å². The summed E-state index contributed by atoms with van der Waals surface area (Å²) in [6, 6.07) is 8.53. The monoisotopic (exact) mass is 265 g/mol. The summed E-state index contributed by atoms with van der Waals surface area (Å²) >= 11 is 0. The number of aromatic nitrogens is 2. The molecule has 0 amide bonds. The molecule has 0 saturated carbocycles. The summed E-state index contributed by atoms with van der Waals surface area (Å²) in [5, 5.41) is 6.66. The lowest BCUT2D eigenvalue weighted by molar-refractivity contribution is 0.591. The Morgan fingerprint density at radius 3 is 2.50 bits per heavy atom. The summed E-state index contributed by atoms with van der Waals surface area (Å²) in [6.07, 6.45) is 3.71. The van der Waals surface area contributed by atoms with Crippen molar-refractivity contribution in [3.05, 3.63) is 42.2 Å². The Kier molecular flexibility index (Phi) is 2.85. The minimum atomic E-state index is 0.0590. The molecule has 0 spiro atoms. The standard InChI is InChI=1S/C17H19N3/c1-17(2,3)14-9-12-6-5-11-7-8-19-10-13(11)15(12)20-16(14)18-4/h5-10H,1-4H3,(H,18,20). The van der Waals surface area contributed by atoms with Gasteiger partial charge in [0.15, 0.2) is 0 Å². The minimum Gasteiger partial charge on any atom is -0.373 e. The maximum absolute atomic E-state index is 4.84. The quantitative estimate of drug-likeness (QED) is 0.672. The largest absolute Gasteiger partial charge is 0.373 e. The number of rotatable bonds is 1. The van der Waals surface area contributed by atoms with Crippen LogP contribution in [0.2, 0.25) is 0 Å². The third-order valence-electron chi connectivity index (χ3n) is 3.65. The maximum Gasteiger partial charge on any atom is 0.130 e. The Morgan fingerprint density at radius 1 is 1.05 bits per heavy atom. The molecule has 0 aliphatic carbocycles. The van der Waals surface area contributed by atoms with E-state index in [1.54, 1.807) is 0 Å². The topological polar surface area (TPSA) is 37.8 Å². The second-order valence-corrected chi connectivity index (χ2v) is 6.12. The highest BCUT2D eigenvalue weighted by Gasteiger charge is 2.20. The van der Waals surface area contributed by atoms with Crippen molar-refractivity contribution in [1.29, 1.82) is 0 Å². The van der Waals surface area contributed by atoms with Crippen LogP contribution in [-0.2, 0) is 5.41 Å². The van der Waals surface area contributed by atoms with Gasteiger partial charge in [-0.3, -0.25) is 4.98 Å².